The third-order valence-electron chi connectivity index (χ3n) is 6.57. The number of imide groups is 1. The molecular formula is C25H20BrN3O6. The number of hydrogen-bond acceptors (Lipinski definition) is 6. The van der Waals surface area contributed by atoms with Crippen LogP contribution in [0.1, 0.15) is 27.1 Å². The van der Waals surface area contributed by atoms with Crippen LogP contribution in [0.2, 0.25) is 0 Å². The lowest BCUT2D eigenvalue weighted by atomic mass is 9.85. The Kier molecular flexibility index (Phi) is 5.98. The smallest absolute Gasteiger partial charge is 0.338 e. The molecule has 4 amide bonds. The van der Waals surface area contributed by atoms with Gasteiger partial charge in [0.1, 0.15) is 0 Å². The molecule has 1 heterocycles. The first kappa shape index (κ1) is 23.0. The van der Waals surface area contributed by atoms with Crippen LogP contribution in [0.4, 0.5) is 5.69 Å². The third kappa shape index (κ3) is 4.25. The van der Waals surface area contributed by atoms with Gasteiger partial charge in [-0.1, -0.05) is 34.1 Å². The summed E-state index contributed by atoms with van der Waals surface area (Å²) in [6.45, 7) is -0.634. The van der Waals surface area contributed by atoms with Crippen LogP contribution in [0, 0.1) is 23.7 Å². The first-order valence-electron chi connectivity index (χ1n) is 11.0. The number of nitrogens with one attached hydrogen (secondary N) is 2. The van der Waals surface area contributed by atoms with Crippen molar-refractivity contribution >= 4 is 51.2 Å². The Morgan fingerprint density at radius 1 is 0.914 bits per heavy atom. The van der Waals surface area contributed by atoms with Crippen molar-refractivity contribution < 1.29 is 28.7 Å². The number of fused-ring (bicyclic) bond motifs is 5. The highest BCUT2D eigenvalue weighted by Gasteiger charge is 2.59. The number of hydrazine groups is 1. The molecular weight excluding hydrogens is 518 g/mol. The van der Waals surface area contributed by atoms with E-state index in [0.717, 1.165) is 15.8 Å². The summed E-state index contributed by atoms with van der Waals surface area (Å²) < 4.78 is 5.83. The van der Waals surface area contributed by atoms with Gasteiger partial charge in [-0.05, 0) is 60.7 Å². The zero-order chi connectivity index (χ0) is 24.7. The highest BCUT2D eigenvalue weighted by molar-refractivity contribution is 9.10. The van der Waals surface area contributed by atoms with E-state index in [-0.39, 0.29) is 41.0 Å². The van der Waals surface area contributed by atoms with Gasteiger partial charge in [0.15, 0.2) is 6.61 Å². The summed E-state index contributed by atoms with van der Waals surface area (Å²) in [4.78, 5) is 63.7. The Bertz CT molecular complexity index is 1240. The molecule has 1 saturated carbocycles. The quantitative estimate of drug-likeness (QED) is 0.261. The Labute approximate surface area is 208 Å². The van der Waals surface area contributed by atoms with Crippen LogP contribution in [0.25, 0.3) is 0 Å². The number of carbonyl (C=O) groups is 5. The van der Waals surface area contributed by atoms with Crippen LogP contribution in [0.15, 0.2) is 65.2 Å². The fourth-order valence-electron chi connectivity index (χ4n) is 4.98. The molecule has 0 aromatic heterocycles. The van der Waals surface area contributed by atoms with Crippen molar-refractivity contribution in [1.29, 1.82) is 0 Å². The lowest BCUT2D eigenvalue weighted by Crippen LogP contribution is -2.43. The van der Waals surface area contributed by atoms with Crippen molar-refractivity contribution in [1.82, 2.24) is 10.9 Å². The van der Waals surface area contributed by atoms with Gasteiger partial charge in [0.05, 0.1) is 23.1 Å². The summed E-state index contributed by atoms with van der Waals surface area (Å²) in [5, 5.41) is 0. The van der Waals surface area contributed by atoms with E-state index in [0.29, 0.717) is 11.3 Å². The number of rotatable bonds is 5. The molecule has 10 heteroatoms. The van der Waals surface area contributed by atoms with Crippen LogP contribution in [-0.2, 0) is 19.1 Å². The summed E-state index contributed by atoms with van der Waals surface area (Å²) in [6, 6.07) is 12.5. The molecule has 2 fully saturated rings. The predicted molar refractivity (Wildman–Crippen MR) is 127 cm³/mol. The van der Waals surface area contributed by atoms with Crippen molar-refractivity contribution in [2.75, 3.05) is 11.5 Å². The number of allylic oxidation sites excluding steroid dienone is 2. The van der Waals surface area contributed by atoms with Crippen molar-refractivity contribution in [3.05, 3.63) is 76.3 Å². The van der Waals surface area contributed by atoms with E-state index < -0.39 is 24.4 Å². The highest BCUT2D eigenvalue weighted by Crippen LogP contribution is 2.53. The minimum Gasteiger partial charge on any atom is -0.452 e. The fourth-order valence-corrected chi connectivity index (χ4v) is 5.24. The molecule has 2 N–H and O–H groups in total. The van der Waals surface area contributed by atoms with E-state index in [1.54, 1.807) is 36.4 Å². The van der Waals surface area contributed by atoms with Gasteiger partial charge in [0.25, 0.3) is 11.8 Å². The van der Waals surface area contributed by atoms with Crippen LogP contribution in [0.3, 0.4) is 0 Å². The summed E-state index contributed by atoms with van der Waals surface area (Å²) in [5.41, 5.74) is 5.14. The number of amides is 4. The van der Waals surface area contributed by atoms with Crippen molar-refractivity contribution in [3.8, 4) is 0 Å². The SMILES string of the molecule is O=C(COC(=O)c1cccc(N2C(=O)[C@@H]3[C@H](C2=O)[C@H]2C=C[C@H]3C2)c1)NNC(=O)c1ccc(Br)cc1. The molecule has 1 saturated heterocycles. The number of anilines is 1. The normalized spacial score (nSPS) is 23.9. The molecule has 2 aromatic rings. The Balaban J connectivity index is 1.17. The first-order chi connectivity index (χ1) is 16.8. The second-order valence-electron chi connectivity index (χ2n) is 8.65. The lowest BCUT2D eigenvalue weighted by molar-refractivity contribution is -0.125. The maximum absolute atomic E-state index is 13.0. The second kappa shape index (κ2) is 9.10. The minimum absolute atomic E-state index is 0.0855. The van der Waals surface area contributed by atoms with Crippen LogP contribution in [0.5, 0.6) is 0 Å². The molecule has 3 aliphatic rings. The van der Waals surface area contributed by atoms with Crippen molar-refractivity contribution in [2.45, 2.75) is 6.42 Å². The Hall–Kier alpha value is -3.79. The average molecular weight is 538 g/mol. The molecule has 5 rings (SSSR count). The van der Waals surface area contributed by atoms with E-state index in [9.17, 15) is 24.0 Å². The number of benzene rings is 2. The molecule has 178 valence electrons. The van der Waals surface area contributed by atoms with Gasteiger partial charge in [-0.15, -0.1) is 0 Å². The number of ether oxygens (including phenoxy) is 1. The molecule has 1 aliphatic heterocycles. The number of carbonyl (C=O) groups excluding carboxylic acids is 5. The molecule has 35 heavy (non-hydrogen) atoms. The van der Waals surface area contributed by atoms with Crippen LogP contribution >= 0.6 is 15.9 Å². The molecule has 0 spiro atoms. The summed E-state index contributed by atoms with van der Waals surface area (Å²) in [7, 11) is 0. The predicted octanol–water partition coefficient (Wildman–Crippen LogP) is 2.38. The number of nitrogens with zero attached hydrogens (tertiary/aromatic N) is 1. The van der Waals surface area contributed by atoms with E-state index in [4.69, 9.17) is 4.74 Å². The standard InChI is InChI=1S/C25H20BrN3O6/c26-17-8-6-13(7-9-17)22(31)28-27-19(30)12-35-25(34)16-2-1-3-18(11-16)29-23(32)20-14-4-5-15(10-14)21(20)24(29)33/h1-9,11,14-15,20-21H,10,12H2,(H,27,30)(H,28,31)/t14-,15-,20-,21+/m0/s1. The zero-order valence-corrected chi connectivity index (χ0v) is 19.9. The third-order valence-corrected chi connectivity index (χ3v) is 7.10. The largest absolute Gasteiger partial charge is 0.452 e. The van der Waals surface area contributed by atoms with Crippen LogP contribution < -0.4 is 15.8 Å². The molecule has 9 nitrogen and oxygen atoms in total. The van der Waals surface area contributed by atoms with Gasteiger partial charge in [0.2, 0.25) is 11.8 Å². The molecule has 2 bridgehead atoms. The van der Waals surface area contributed by atoms with Gasteiger partial charge in [-0.3, -0.25) is 30.0 Å². The van der Waals surface area contributed by atoms with Crippen molar-refractivity contribution in [2.24, 2.45) is 23.7 Å². The molecule has 0 radical (unpaired) electrons. The topological polar surface area (TPSA) is 122 Å². The molecule has 4 atom stereocenters. The maximum atomic E-state index is 13.0. The van der Waals surface area contributed by atoms with Gasteiger partial charge < -0.3 is 4.74 Å². The van der Waals surface area contributed by atoms with E-state index in [2.05, 4.69) is 26.8 Å². The lowest BCUT2D eigenvalue weighted by Gasteiger charge is -2.18. The van der Waals surface area contributed by atoms with E-state index in [1.165, 1.54) is 12.1 Å². The highest BCUT2D eigenvalue weighted by atomic mass is 79.9. The average Bonchev–Trinajstić information content (AvgIpc) is 3.55. The molecule has 2 aliphatic carbocycles. The van der Waals surface area contributed by atoms with Gasteiger partial charge in [-0.25, -0.2) is 9.69 Å². The number of esters is 1. The van der Waals surface area contributed by atoms with Gasteiger partial charge >= 0.3 is 5.97 Å². The summed E-state index contributed by atoms with van der Waals surface area (Å²) in [6.07, 6.45) is 4.86. The summed E-state index contributed by atoms with van der Waals surface area (Å²) >= 11 is 3.27. The zero-order valence-electron chi connectivity index (χ0n) is 18.3. The van der Waals surface area contributed by atoms with E-state index in [1.807, 2.05) is 12.2 Å². The monoisotopic (exact) mass is 537 g/mol. The fraction of sp³-hybridized carbons (Fsp3) is 0.240. The minimum atomic E-state index is -0.803. The van der Waals surface area contributed by atoms with Gasteiger partial charge in [-0.2, -0.15) is 0 Å². The first-order valence-corrected chi connectivity index (χ1v) is 11.8. The van der Waals surface area contributed by atoms with Gasteiger partial charge in [0, 0.05) is 10.0 Å². The molecule has 2 aromatic carbocycles. The maximum Gasteiger partial charge on any atom is 0.338 e. The number of hydrogen-bond donors (Lipinski definition) is 2. The second-order valence-corrected chi connectivity index (χ2v) is 9.56. The number of halogens is 1. The Morgan fingerprint density at radius 2 is 1.57 bits per heavy atom. The Morgan fingerprint density at radius 3 is 2.23 bits per heavy atom. The van der Waals surface area contributed by atoms with Crippen LogP contribution in [-0.4, -0.2) is 36.2 Å². The molecule has 0 unspecified atom stereocenters. The van der Waals surface area contributed by atoms with E-state index >= 15 is 0 Å². The van der Waals surface area contributed by atoms with Crippen molar-refractivity contribution in [3.63, 3.8) is 0 Å². The summed E-state index contributed by atoms with van der Waals surface area (Å²) in [5.74, 6) is -3.08.